The van der Waals surface area contributed by atoms with E-state index < -0.39 is 11.9 Å². The fourth-order valence-electron chi connectivity index (χ4n) is 3.76. The highest BCUT2D eigenvalue weighted by Gasteiger charge is 2.32. The molecule has 0 radical (unpaired) electrons. The number of alkyl halides is 3. The number of ether oxygens (including phenoxy) is 2. The Morgan fingerprint density at radius 1 is 1.10 bits per heavy atom. The predicted octanol–water partition coefficient (Wildman–Crippen LogP) is 4.33. The van der Waals surface area contributed by atoms with Gasteiger partial charge in [0.15, 0.2) is 11.5 Å². The number of methoxy groups -OCH3 is 2. The summed E-state index contributed by atoms with van der Waals surface area (Å²) in [5.74, 6) is 1.16. The first-order valence-electron chi connectivity index (χ1n) is 9.40. The number of carbonyl (C=O) groups excluding carboxylic acids is 1. The summed E-state index contributed by atoms with van der Waals surface area (Å²) in [6.07, 6.45) is 0.126. The molecule has 0 bridgehead atoms. The molecule has 1 aliphatic heterocycles. The molecule has 0 N–H and O–H groups in total. The number of nitrogens with zero attached hydrogens (tertiary/aromatic N) is 2. The van der Waals surface area contributed by atoms with E-state index in [1.54, 1.807) is 19.1 Å². The second-order valence-electron chi connectivity index (χ2n) is 7.09. The van der Waals surface area contributed by atoms with Crippen LogP contribution in [-0.2, 0) is 23.9 Å². The standard InChI is InChI=1S/C22H23F3N2O3/c1-13-16-9-10-27(12-17(16)14(2)21(30-4)20(13)29-3)19(28)8-6-15-5-7-18(26-11-15)22(23,24)25/h5-8,11H,9-10,12H2,1-4H3/b8-6+. The SMILES string of the molecule is COc1c(C)c2c(c(C)c1OC)CN(C(=O)/C=C/c1ccc(C(F)(F)F)nc1)CC2. The number of halogens is 3. The largest absolute Gasteiger partial charge is 0.493 e. The molecule has 0 unspecified atom stereocenters. The highest BCUT2D eigenvalue weighted by Crippen LogP contribution is 2.41. The van der Waals surface area contributed by atoms with Crippen LogP contribution in [0.1, 0.15) is 33.5 Å². The van der Waals surface area contributed by atoms with Crippen LogP contribution in [0.3, 0.4) is 0 Å². The third-order valence-electron chi connectivity index (χ3n) is 5.35. The molecule has 1 aromatic carbocycles. The van der Waals surface area contributed by atoms with Crippen molar-refractivity contribution in [2.45, 2.75) is 33.0 Å². The third kappa shape index (κ3) is 4.13. The van der Waals surface area contributed by atoms with Crippen LogP contribution >= 0.6 is 0 Å². The molecule has 2 aromatic rings. The number of hydrogen-bond donors (Lipinski definition) is 0. The molecule has 0 fully saturated rings. The lowest BCUT2D eigenvalue weighted by Gasteiger charge is -2.32. The number of rotatable bonds is 4. The zero-order chi connectivity index (χ0) is 22.1. The highest BCUT2D eigenvalue weighted by atomic mass is 19.4. The number of amides is 1. The molecule has 1 aromatic heterocycles. The minimum atomic E-state index is -4.49. The van der Waals surface area contributed by atoms with E-state index in [9.17, 15) is 18.0 Å². The van der Waals surface area contributed by atoms with Crippen molar-refractivity contribution in [1.29, 1.82) is 0 Å². The van der Waals surface area contributed by atoms with Gasteiger partial charge in [0.2, 0.25) is 5.91 Å². The molecule has 0 aliphatic carbocycles. The molecule has 8 heteroatoms. The fourth-order valence-corrected chi connectivity index (χ4v) is 3.76. The number of aromatic nitrogens is 1. The lowest BCUT2D eigenvalue weighted by molar-refractivity contribution is -0.141. The van der Waals surface area contributed by atoms with Crippen LogP contribution in [0, 0.1) is 13.8 Å². The minimum Gasteiger partial charge on any atom is -0.493 e. The molecule has 3 rings (SSSR count). The van der Waals surface area contributed by atoms with Crippen molar-refractivity contribution < 1.29 is 27.4 Å². The molecular formula is C22H23F3N2O3. The van der Waals surface area contributed by atoms with E-state index in [4.69, 9.17) is 9.47 Å². The second kappa shape index (κ2) is 8.38. The summed E-state index contributed by atoms with van der Waals surface area (Å²) in [5, 5.41) is 0. The molecule has 0 saturated carbocycles. The highest BCUT2D eigenvalue weighted by molar-refractivity contribution is 5.92. The average molecular weight is 420 g/mol. The molecular weight excluding hydrogens is 397 g/mol. The van der Waals surface area contributed by atoms with Gasteiger partial charge in [-0.25, -0.2) is 0 Å². The number of fused-ring (bicyclic) bond motifs is 1. The van der Waals surface area contributed by atoms with E-state index in [0.717, 1.165) is 34.5 Å². The number of pyridine rings is 1. The van der Waals surface area contributed by atoms with Crippen LogP contribution < -0.4 is 9.47 Å². The number of carbonyl (C=O) groups is 1. The van der Waals surface area contributed by atoms with Crippen molar-refractivity contribution in [3.63, 3.8) is 0 Å². The second-order valence-corrected chi connectivity index (χ2v) is 7.09. The topological polar surface area (TPSA) is 51.7 Å². The van der Waals surface area contributed by atoms with Gasteiger partial charge in [0.25, 0.3) is 0 Å². The number of benzene rings is 1. The summed E-state index contributed by atoms with van der Waals surface area (Å²) >= 11 is 0. The summed E-state index contributed by atoms with van der Waals surface area (Å²) in [6.45, 7) is 4.89. The van der Waals surface area contributed by atoms with Crippen LogP contribution in [0.15, 0.2) is 24.4 Å². The maximum atomic E-state index is 12.7. The van der Waals surface area contributed by atoms with Crippen molar-refractivity contribution in [3.8, 4) is 11.5 Å². The maximum Gasteiger partial charge on any atom is 0.433 e. The van der Waals surface area contributed by atoms with Gasteiger partial charge in [0.05, 0.1) is 14.2 Å². The molecule has 5 nitrogen and oxygen atoms in total. The van der Waals surface area contributed by atoms with Crippen molar-refractivity contribution in [2.24, 2.45) is 0 Å². The van der Waals surface area contributed by atoms with Gasteiger partial charge < -0.3 is 14.4 Å². The van der Waals surface area contributed by atoms with E-state index in [2.05, 4.69) is 4.98 Å². The fraction of sp³-hybridized carbons (Fsp3) is 0.364. The monoisotopic (exact) mass is 420 g/mol. The van der Waals surface area contributed by atoms with Gasteiger partial charge in [-0.2, -0.15) is 13.2 Å². The molecule has 1 amide bonds. The Balaban J connectivity index is 1.79. The summed E-state index contributed by atoms with van der Waals surface area (Å²) in [4.78, 5) is 17.8. The van der Waals surface area contributed by atoms with Gasteiger partial charge in [-0.05, 0) is 54.7 Å². The van der Waals surface area contributed by atoms with Crippen molar-refractivity contribution >= 4 is 12.0 Å². The molecule has 2 heterocycles. The quantitative estimate of drug-likeness (QED) is 0.691. The Bertz CT molecular complexity index is 983. The zero-order valence-electron chi connectivity index (χ0n) is 17.3. The van der Waals surface area contributed by atoms with Crippen molar-refractivity contribution in [2.75, 3.05) is 20.8 Å². The smallest absolute Gasteiger partial charge is 0.433 e. The summed E-state index contributed by atoms with van der Waals surface area (Å²) < 4.78 is 48.8. The van der Waals surface area contributed by atoms with E-state index >= 15 is 0 Å². The first kappa shape index (κ1) is 21.7. The van der Waals surface area contributed by atoms with Crippen molar-refractivity contribution in [3.05, 3.63) is 57.9 Å². The first-order valence-corrected chi connectivity index (χ1v) is 9.40. The summed E-state index contributed by atoms with van der Waals surface area (Å²) in [5.41, 5.74) is 3.59. The molecule has 30 heavy (non-hydrogen) atoms. The van der Waals surface area contributed by atoms with Gasteiger partial charge in [0, 0.05) is 30.9 Å². The number of hydrogen-bond acceptors (Lipinski definition) is 4. The van der Waals surface area contributed by atoms with Gasteiger partial charge in [-0.15, -0.1) is 0 Å². The molecule has 0 saturated heterocycles. The van der Waals surface area contributed by atoms with Crippen LogP contribution in [0.25, 0.3) is 6.08 Å². The van der Waals surface area contributed by atoms with E-state index in [0.29, 0.717) is 36.6 Å². The molecule has 0 atom stereocenters. The molecule has 160 valence electrons. The summed E-state index contributed by atoms with van der Waals surface area (Å²) in [6, 6.07) is 2.18. The first-order chi connectivity index (χ1) is 14.2. The van der Waals surface area contributed by atoms with Gasteiger partial charge in [-0.1, -0.05) is 6.07 Å². The van der Waals surface area contributed by atoms with Gasteiger partial charge >= 0.3 is 6.18 Å². The lowest BCUT2D eigenvalue weighted by atomic mass is 9.90. The Hall–Kier alpha value is -3.03. The average Bonchev–Trinajstić information content (AvgIpc) is 2.73. The Morgan fingerprint density at radius 3 is 2.27 bits per heavy atom. The maximum absolute atomic E-state index is 12.7. The Kier molecular flexibility index (Phi) is 6.05. The molecule has 0 spiro atoms. The summed E-state index contributed by atoms with van der Waals surface area (Å²) in [7, 11) is 3.19. The van der Waals surface area contributed by atoms with E-state index in [-0.39, 0.29) is 5.91 Å². The molecule has 1 aliphatic rings. The van der Waals surface area contributed by atoms with Crippen molar-refractivity contribution in [1.82, 2.24) is 9.88 Å². The van der Waals surface area contributed by atoms with Crippen LogP contribution in [0.5, 0.6) is 11.5 Å². The van der Waals surface area contributed by atoms with Crippen LogP contribution in [-0.4, -0.2) is 36.6 Å². The Labute approximate surface area is 173 Å². The van der Waals surface area contributed by atoms with Crippen LogP contribution in [0.2, 0.25) is 0 Å². The third-order valence-corrected chi connectivity index (χ3v) is 5.35. The minimum absolute atomic E-state index is 0.215. The van der Waals surface area contributed by atoms with Crippen LogP contribution in [0.4, 0.5) is 13.2 Å². The lowest BCUT2D eigenvalue weighted by Crippen LogP contribution is -2.35. The van der Waals surface area contributed by atoms with Gasteiger partial charge in [0.1, 0.15) is 5.69 Å². The van der Waals surface area contributed by atoms with E-state index in [1.165, 1.54) is 18.2 Å². The normalized spacial score (nSPS) is 14.0. The van der Waals surface area contributed by atoms with Gasteiger partial charge in [-0.3, -0.25) is 9.78 Å². The van der Waals surface area contributed by atoms with E-state index in [1.807, 2.05) is 13.8 Å². The zero-order valence-corrected chi connectivity index (χ0v) is 17.3. The predicted molar refractivity (Wildman–Crippen MR) is 106 cm³/mol. The Morgan fingerprint density at radius 2 is 1.73 bits per heavy atom.